The third-order valence-electron chi connectivity index (χ3n) is 1.17. The standard InChI is InChI=1S/C6H12N2O4/c1-3(7)5(10)8-2-4(9)6(11)12/h3-4,9H,2,7H2,1H3,(H,8,10)(H,11,12). The van der Waals surface area contributed by atoms with E-state index in [9.17, 15) is 9.59 Å². The SMILES string of the molecule is CC(N)C(=O)NCC(O)C(=O)O. The van der Waals surface area contributed by atoms with E-state index in [-0.39, 0.29) is 6.54 Å². The molecule has 0 heterocycles. The minimum atomic E-state index is -1.58. The number of aliphatic hydroxyl groups excluding tert-OH is 1. The van der Waals surface area contributed by atoms with E-state index < -0.39 is 24.0 Å². The second kappa shape index (κ2) is 4.68. The molecular formula is C6H12N2O4. The molecule has 0 aliphatic rings. The number of amides is 1. The molecule has 0 aromatic heterocycles. The number of carboxylic acid groups (broad SMARTS) is 1. The molecule has 6 nitrogen and oxygen atoms in total. The average Bonchev–Trinajstić information content (AvgIpc) is 1.98. The highest BCUT2D eigenvalue weighted by Gasteiger charge is 2.15. The van der Waals surface area contributed by atoms with Crippen LogP contribution in [0.2, 0.25) is 0 Å². The molecule has 5 N–H and O–H groups in total. The van der Waals surface area contributed by atoms with Crippen LogP contribution in [0.25, 0.3) is 0 Å². The summed E-state index contributed by atoms with van der Waals surface area (Å²) in [5.74, 6) is -1.87. The first kappa shape index (κ1) is 10.9. The molecule has 0 aliphatic heterocycles. The molecule has 2 atom stereocenters. The van der Waals surface area contributed by atoms with E-state index in [4.69, 9.17) is 15.9 Å². The first-order valence-corrected chi connectivity index (χ1v) is 3.39. The normalized spacial score (nSPS) is 14.9. The molecule has 12 heavy (non-hydrogen) atoms. The monoisotopic (exact) mass is 176 g/mol. The van der Waals surface area contributed by atoms with Crippen LogP contribution in [0.15, 0.2) is 0 Å². The van der Waals surface area contributed by atoms with Gasteiger partial charge in [-0.15, -0.1) is 0 Å². The summed E-state index contributed by atoms with van der Waals surface area (Å²) in [6, 6.07) is -0.703. The molecule has 0 spiro atoms. The van der Waals surface area contributed by atoms with Crippen molar-refractivity contribution in [2.24, 2.45) is 5.73 Å². The highest BCUT2D eigenvalue weighted by molar-refractivity contribution is 5.82. The predicted molar refractivity (Wildman–Crippen MR) is 40.3 cm³/mol. The fraction of sp³-hybridized carbons (Fsp3) is 0.667. The van der Waals surface area contributed by atoms with E-state index in [1.807, 2.05) is 0 Å². The fourth-order valence-electron chi connectivity index (χ4n) is 0.446. The number of aliphatic carboxylic acids is 1. The van der Waals surface area contributed by atoms with Crippen LogP contribution < -0.4 is 11.1 Å². The van der Waals surface area contributed by atoms with E-state index in [1.165, 1.54) is 6.92 Å². The van der Waals surface area contributed by atoms with Crippen molar-refractivity contribution in [2.75, 3.05) is 6.54 Å². The third kappa shape index (κ3) is 3.89. The smallest absolute Gasteiger partial charge is 0.334 e. The van der Waals surface area contributed by atoms with Crippen LogP contribution in [0.5, 0.6) is 0 Å². The van der Waals surface area contributed by atoms with Gasteiger partial charge in [-0.25, -0.2) is 4.79 Å². The van der Waals surface area contributed by atoms with E-state index in [1.54, 1.807) is 0 Å². The fourth-order valence-corrected chi connectivity index (χ4v) is 0.446. The maximum Gasteiger partial charge on any atom is 0.334 e. The van der Waals surface area contributed by atoms with Crippen molar-refractivity contribution in [1.29, 1.82) is 0 Å². The Balaban J connectivity index is 3.69. The lowest BCUT2D eigenvalue weighted by atomic mass is 10.3. The summed E-state index contributed by atoms with van der Waals surface area (Å²) < 4.78 is 0. The number of carboxylic acids is 1. The van der Waals surface area contributed by atoms with Crippen LogP contribution in [0.4, 0.5) is 0 Å². The average molecular weight is 176 g/mol. The van der Waals surface area contributed by atoms with Crippen LogP contribution in [-0.4, -0.2) is 40.8 Å². The zero-order chi connectivity index (χ0) is 9.72. The summed E-state index contributed by atoms with van der Waals surface area (Å²) in [5, 5.41) is 19.1. The molecule has 0 fully saturated rings. The topological polar surface area (TPSA) is 113 Å². The maximum atomic E-state index is 10.7. The molecule has 6 heteroatoms. The summed E-state index contributed by atoms with van der Waals surface area (Å²) >= 11 is 0. The lowest BCUT2D eigenvalue weighted by Crippen LogP contribution is -2.43. The Bertz CT molecular complexity index is 180. The highest BCUT2D eigenvalue weighted by Crippen LogP contribution is 1.81. The molecule has 2 unspecified atom stereocenters. The number of hydrogen-bond acceptors (Lipinski definition) is 4. The molecule has 0 rings (SSSR count). The van der Waals surface area contributed by atoms with Crippen molar-refractivity contribution in [3.63, 3.8) is 0 Å². The van der Waals surface area contributed by atoms with Gasteiger partial charge in [-0.2, -0.15) is 0 Å². The summed E-state index contributed by atoms with van der Waals surface area (Å²) in [6.45, 7) is 1.14. The van der Waals surface area contributed by atoms with Crippen molar-refractivity contribution in [3.05, 3.63) is 0 Å². The van der Waals surface area contributed by atoms with Crippen molar-refractivity contribution < 1.29 is 19.8 Å². The van der Waals surface area contributed by atoms with E-state index in [0.717, 1.165) is 0 Å². The molecule has 70 valence electrons. The predicted octanol–water partition coefficient (Wildman–Crippen LogP) is -2.10. The zero-order valence-electron chi connectivity index (χ0n) is 6.65. The summed E-state index contributed by atoms with van der Waals surface area (Å²) in [5.41, 5.74) is 5.16. The van der Waals surface area contributed by atoms with E-state index in [2.05, 4.69) is 5.32 Å². The van der Waals surface area contributed by atoms with Crippen LogP contribution >= 0.6 is 0 Å². The van der Waals surface area contributed by atoms with Crippen molar-refractivity contribution in [1.82, 2.24) is 5.32 Å². The molecule has 0 radical (unpaired) electrons. The molecule has 0 aromatic carbocycles. The molecule has 0 bridgehead atoms. The van der Waals surface area contributed by atoms with Crippen molar-refractivity contribution in [2.45, 2.75) is 19.1 Å². The van der Waals surface area contributed by atoms with Crippen LogP contribution in [-0.2, 0) is 9.59 Å². The summed E-state index contributed by atoms with van der Waals surface area (Å²) in [4.78, 5) is 20.8. The van der Waals surface area contributed by atoms with Gasteiger partial charge in [0.1, 0.15) is 0 Å². The number of rotatable bonds is 4. The molecule has 0 saturated carbocycles. The molecular weight excluding hydrogens is 164 g/mol. The van der Waals surface area contributed by atoms with Crippen molar-refractivity contribution >= 4 is 11.9 Å². The Morgan fingerprint density at radius 1 is 1.58 bits per heavy atom. The Kier molecular flexibility index (Phi) is 4.24. The second-order valence-electron chi connectivity index (χ2n) is 2.39. The van der Waals surface area contributed by atoms with Gasteiger partial charge >= 0.3 is 5.97 Å². The Morgan fingerprint density at radius 3 is 2.42 bits per heavy atom. The largest absolute Gasteiger partial charge is 0.479 e. The summed E-state index contributed by atoms with van der Waals surface area (Å²) in [6.07, 6.45) is -1.58. The number of aliphatic hydroxyl groups is 1. The number of hydrogen-bond donors (Lipinski definition) is 4. The van der Waals surface area contributed by atoms with Gasteiger partial charge in [0, 0.05) is 0 Å². The second-order valence-corrected chi connectivity index (χ2v) is 2.39. The lowest BCUT2D eigenvalue weighted by Gasteiger charge is -2.09. The van der Waals surface area contributed by atoms with Gasteiger partial charge in [0.25, 0.3) is 0 Å². The van der Waals surface area contributed by atoms with Gasteiger partial charge < -0.3 is 21.3 Å². The number of nitrogens with one attached hydrogen (secondary N) is 1. The van der Waals surface area contributed by atoms with E-state index in [0.29, 0.717) is 0 Å². The summed E-state index contributed by atoms with van der Waals surface area (Å²) in [7, 11) is 0. The Labute approximate surface area is 69.4 Å². The van der Waals surface area contributed by atoms with Gasteiger partial charge in [-0.1, -0.05) is 0 Å². The Morgan fingerprint density at radius 2 is 2.08 bits per heavy atom. The Hall–Kier alpha value is -1.14. The molecule has 0 saturated heterocycles. The number of nitrogens with two attached hydrogens (primary N) is 1. The number of carbonyl (C=O) groups excluding carboxylic acids is 1. The van der Waals surface area contributed by atoms with E-state index >= 15 is 0 Å². The first-order chi connectivity index (χ1) is 5.45. The zero-order valence-corrected chi connectivity index (χ0v) is 6.65. The maximum absolute atomic E-state index is 10.7. The highest BCUT2D eigenvalue weighted by atomic mass is 16.4. The minimum absolute atomic E-state index is 0.324. The van der Waals surface area contributed by atoms with Crippen molar-refractivity contribution in [3.8, 4) is 0 Å². The van der Waals surface area contributed by atoms with Gasteiger partial charge in [0.2, 0.25) is 5.91 Å². The van der Waals surface area contributed by atoms with Crippen LogP contribution in [0.3, 0.4) is 0 Å². The van der Waals surface area contributed by atoms with Gasteiger partial charge in [0.05, 0.1) is 12.6 Å². The van der Waals surface area contributed by atoms with Gasteiger partial charge in [-0.3, -0.25) is 4.79 Å². The van der Waals surface area contributed by atoms with Crippen LogP contribution in [0.1, 0.15) is 6.92 Å². The third-order valence-corrected chi connectivity index (χ3v) is 1.17. The number of carbonyl (C=O) groups is 2. The minimum Gasteiger partial charge on any atom is -0.479 e. The van der Waals surface area contributed by atoms with Crippen LogP contribution in [0, 0.1) is 0 Å². The quantitative estimate of drug-likeness (QED) is 0.392. The van der Waals surface area contributed by atoms with Gasteiger partial charge in [0.15, 0.2) is 6.10 Å². The first-order valence-electron chi connectivity index (χ1n) is 3.39. The molecule has 0 aromatic rings. The lowest BCUT2D eigenvalue weighted by molar-refractivity contribution is -0.146. The van der Waals surface area contributed by atoms with Gasteiger partial charge in [-0.05, 0) is 6.92 Å². The molecule has 1 amide bonds. The molecule has 0 aliphatic carbocycles.